The second-order valence-corrected chi connectivity index (χ2v) is 10.1. The first-order chi connectivity index (χ1) is 18.1. The average molecular weight is 516 g/mol. The van der Waals surface area contributed by atoms with Crippen molar-refractivity contribution in [1.82, 2.24) is 19.6 Å². The summed E-state index contributed by atoms with van der Waals surface area (Å²) >= 11 is 0. The molecule has 1 aliphatic heterocycles. The molecule has 0 saturated carbocycles. The Kier molecular flexibility index (Phi) is 7.90. The third-order valence-electron chi connectivity index (χ3n) is 6.43. The molecule has 38 heavy (non-hydrogen) atoms. The van der Waals surface area contributed by atoms with Gasteiger partial charge in [0.1, 0.15) is 24.2 Å². The molecule has 3 aromatic heterocycles. The number of hydrogen-bond acceptors (Lipinski definition) is 9. The molecule has 1 saturated heterocycles. The minimum atomic E-state index is -1.01. The van der Waals surface area contributed by atoms with E-state index in [-0.39, 0.29) is 6.61 Å². The van der Waals surface area contributed by atoms with Crippen LogP contribution in [0.4, 0.5) is 5.82 Å². The molecule has 0 atom stereocenters. The Bertz CT molecular complexity index is 1390. The molecule has 4 heterocycles. The highest BCUT2D eigenvalue weighted by Crippen LogP contribution is 2.33. The SMILES string of the molecule is C=N/C(=C\C=C/C)CC1(O)CCN(c2cnc(-c3cc(OCC(C)(C)O)cn4ncc(C#N)c34)cn2)CC1. The zero-order chi connectivity index (χ0) is 27.3. The molecule has 1 aliphatic rings. The maximum atomic E-state index is 11.1. The van der Waals surface area contributed by atoms with E-state index in [1.54, 1.807) is 43.0 Å². The van der Waals surface area contributed by atoms with Gasteiger partial charge in [0.05, 0.1) is 52.8 Å². The van der Waals surface area contributed by atoms with Crippen LogP contribution in [-0.2, 0) is 0 Å². The molecule has 10 heteroatoms. The first-order valence-electron chi connectivity index (χ1n) is 12.5. The lowest BCUT2D eigenvalue weighted by Gasteiger charge is -2.38. The Morgan fingerprint density at radius 2 is 2.05 bits per heavy atom. The monoisotopic (exact) mass is 515 g/mol. The molecule has 1 fully saturated rings. The fraction of sp³-hybridized carbons (Fsp3) is 0.393. The fourth-order valence-electron chi connectivity index (χ4n) is 4.38. The minimum Gasteiger partial charge on any atom is -0.489 e. The van der Waals surface area contributed by atoms with E-state index in [1.807, 2.05) is 25.2 Å². The van der Waals surface area contributed by atoms with Crippen molar-refractivity contribution in [2.24, 2.45) is 4.99 Å². The summed E-state index contributed by atoms with van der Waals surface area (Å²) in [5.74, 6) is 1.20. The fourth-order valence-corrected chi connectivity index (χ4v) is 4.38. The normalized spacial score (nSPS) is 16.1. The predicted octanol–water partition coefficient (Wildman–Crippen LogP) is 3.69. The first-order valence-corrected chi connectivity index (χ1v) is 12.5. The van der Waals surface area contributed by atoms with Gasteiger partial charge < -0.3 is 19.8 Å². The topological polar surface area (TPSA) is 132 Å². The van der Waals surface area contributed by atoms with Crippen LogP contribution in [0.5, 0.6) is 5.75 Å². The van der Waals surface area contributed by atoms with Gasteiger partial charge in [-0.05, 0) is 52.5 Å². The van der Waals surface area contributed by atoms with Crippen molar-refractivity contribution in [1.29, 1.82) is 5.26 Å². The number of nitrogens with zero attached hydrogens (tertiary/aromatic N) is 7. The molecule has 3 aromatic rings. The summed E-state index contributed by atoms with van der Waals surface area (Å²) in [6.07, 6.45) is 13.8. The van der Waals surface area contributed by atoms with Crippen LogP contribution in [0.25, 0.3) is 16.8 Å². The molecule has 198 valence electrons. The van der Waals surface area contributed by atoms with Crippen molar-refractivity contribution >= 4 is 18.1 Å². The van der Waals surface area contributed by atoms with Gasteiger partial charge in [-0.15, -0.1) is 0 Å². The zero-order valence-corrected chi connectivity index (χ0v) is 22.0. The number of fused-ring (bicyclic) bond motifs is 1. The lowest BCUT2D eigenvalue weighted by Crippen LogP contribution is -2.45. The number of aliphatic hydroxyl groups is 2. The molecule has 0 unspecified atom stereocenters. The molecule has 0 amide bonds. The van der Waals surface area contributed by atoms with Gasteiger partial charge in [0.25, 0.3) is 0 Å². The van der Waals surface area contributed by atoms with Crippen molar-refractivity contribution in [3.8, 4) is 23.1 Å². The molecule has 0 radical (unpaired) electrons. The van der Waals surface area contributed by atoms with E-state index in [2.05, 4.69) is 37.7 Å². The molecule has 0 aromatic carbocycles. The summed E-state index contributed by atoms with van der Waals surface area (Å²) in [4.78, 5) is 15.4. The van der Waals surface area contributed by atoms with Crippen LogP contribution < -0.4 is 9.64 Å². The third kappa shape index (κ3) is 6.25. The molecule has 4 rings (SSSR count). The lowest BCUT2D eigenvalue weighted by atomic mass is 9.87. The van der Waals surface area contributed by atoms with Gasteiger partial charge in [-0.25, -0.2) is 9.50 Å². The molecule has 10 nitrogen and oxygen atoms in total. The highest BCUT2D eigenvalue weighted by atomic mass is 16.5. The summed E-state index contributed by atoms with van der Waals surface area (Å²) in [6, 6.07) is 3.95. The van der Waals surface area contributed by atoms with Crippen LogP contribution in [0.2, 0.25) is 0 Å². The van der Waals surface area contributed by atoms with Crippen molar-refractivity contribution in [3.05, 3.63) is 60.3 Å². The maximum absolute atomic E-state index is 11.1. The molecule has 0 aliphatic carbocycles. The predicted molar refractivity (Wildman–Crippen MR) is 146 cm³/mol. The number of ether oxygens (including phenoxy) is 1. The van der Waals surface area contributed by atoms with Crippen LogP contribution in [0, 0.1) is 11.3 Å². The van der Waals surface area contributed by atoms with Gasteiger partial charge >= 0.3 is 0 Å². The Balaban J connectivity index is 1.54. The van der Waals surface area contributed by atoms with E-state index in [0.29, 0.717) is 66.3 Å². The van der Waals surface area contributed by atoms with E-state index >= 15 is 0 Å². The van der Waals surface area contributed by atoms with E-state index in [0.717, 1.165) is 5.70 Å². The summed E-state index contributed by atoms with van der Waals surface area (Å²) in [5.41, 5.74) is 1.14. The van der Waals surface area contributed by atoms with E-state index in [1.165, 1.54) is 6.20 Å². The molecule has 0 spiro atoms. The van der Waals surface area contributed by atoms with Crippen LogP contribution >= 0.6 is 0 Å². The number of hydrogen-bond donors (Lipinski definition) is 2. The number of piperidine rings is 1. The number of anilines is 1. The number of rotatable bonds is 9. The molecular weight excluding hydrogens is 482 g/mol. The van der Waals surface area contributed by atoms with Crippen LogP contribution in [-0.4, -0.2) is 67.4 Å². The van der Waals surface area contributed by atoms with Crippen molar-refractivity contribution in [2.75, 3.05) is 24.6 Å². The first kappa shape index (κ1) is 27.0. The maximum Gasteiger partial charge on any atom is 0.147 e. The second-order valence-electron chi connectivity index (χ2n) is 10.1. The number of nitriles is 1. The summed E-state index contributed by atoms with van der Waals surface area (Å²) in [5, 5.41) is 35.0. The highest BCUT2D eigenvalue weighted by molar-refractivity contribution is 5.83. The van der Waals surface area contributed by atoms with E-state index in [9.17, 15) is 15.5 Å². The van der Waals surface area contributed by atoms with E-state index in [4.69, 9.17) is 4.74 Å². The van der Waals surface area contributed by atoms with Gasteiger partial charge in [0.15, 0.2) is 0 Å². The van der Waals surface area contributed by atoms with Crippen LogP contribution in [0.1, 0.15) is 45.6 Å². The second kappa shape index (κ2) is 11.1. The molecule has 0 bridgehead atoms. The summed E-state index contributed by atoms with van der Waals surface area (Å²) in [6.45, 7) is 10.2. The third-order valence-corrected chi connectivity index (χ3v) is 6.43. The average Bonchev–Trinajstić information content (AvgIpc) is 3.33. The van der Waals surface area contributed by atoms with Crippen LogP contribution in [0.15, 0.2) is 59.8 Å². The van der Waals surface area contributed by atoms with Gasteiger partial charge in [0.2, 0.25) is 0 Å². The Morgan fingerprint density at radius 3 is 2.66 bits per heavy atom. The number of aromatic nitrogens is 4. The minimum absolute atomic E-state index is 0.0890. The smallest absolute Gasteiger partial charge is 0.147 e. The van der Waals surface area contributed by atoms with Crippen LogP contribution in [0.3, 0.4) is 0 Å². The quantitative estimate of drug-likeness (QED) is 0.326. The van der Waals surface area contributed by atoms with Gasteiger partial charge in [-0.3, -0.25) is 9.98 Å². The number of allylic oxidation sites excluding steroid dienone is 3. The van der Waals surface area contributed by atoms with Crippen molar-refractivity contribution in [2.45, 2.75) is 51.2 Å². The van der Waals surface area contributed by atoms with Gasteiger partial charge in [-0.1, -0.05) is 12.2 Å². The summed E-state index contributed by atoms with van der Waals surface area (Å²) in [7, 11) is 0. The standard InChI is InChI=1S/C28H33N7O3/c1-5-6-7-21(30-4)13-28(37)8-10-34(11-9-28)25-17-31-24(16-32-25)23-12-22(38-19-27(2,3)36)18-35-26(23)20(14-29)15-33-35/h5-7,12,15-18,36-37H,4,8-11,13,19H2,1-3H3/b6-5-,21-7-. The molecule has 2 N–H and O–H groups in total. The Hall–Kier alpha value is -4.07. The van der Waals surface area contributed by atoms with E-state index < -0.39 is 11.2 Å². The Labute approximate surface area is 222 Å². The molecular formula is C28H33N7O3. The largest absolute Gasteiger partial charge is 0.489 e. The summed E-state index contributed by atoms with van der Waals surface area (Å²) < 4.78 is 7.36. The number of pyridine rings is 1. The highest BCUT2D eigenvalue weighted by Gasteiger charge is 2.33. The van der Waals surface area contributed by atoms with Crippen molar-refractivity contribution in [3.63, 3.8) is 0 Å². The Morgan fingerprint density at radius 1 is 1.29 bits per heavy atom. The zero-order valence-electron chi connectivity index (χ0n) is 22.0. The number of aliphatic imine (C=N–C) groups is 1. The van der Waals surface area contributed by atoms with Gasteiger partial charge in [0, 0.05) is 30.8 Å². The van der Waals surface area contributed by atoms with Gasteiger partial charge in [-0.2, -0.15) is 10.4 Å². The van der Waals surface area contributed by atoms with Crippen molar-refractivity contribution < 1.29 is 14.9 Å². The lowest BCUT2D eigenvalue weighted by molar-refractivity contribution is 0.0162.